The molecule has 3 nitrogen and oxygen atoms in total. The maximum atomic E-state index is 12.8. The van der Waals surface area contributed by atoms with Crippen LogP contribution in [0.15, 0.2) is 12.1 Å². The number of nitrogens with zero attached hydrogens (tertiary/aromatic N) is 3. The van der Waals surface area contributed by atoms with Crippen LogP contribution in [-0.4, -0.2) is 24.2 Å². The lowest BCUT2D eigenvalue weighted by Crippen LogP contribution is -2.31. The van der Waals surface area contributed by atoms with E-state index in [0.717, 1.165) is 25.2 Å². The average Bonchev–Trinajstić information content (AvgIpc) is 2.77. The molecule has 1 aromatic heterocycles. The van der Waals surface area contributed by atoms with Crippen molar-refractivity contribution in [3.8, 4) is 6.07 Å². The van der Waals surface area contributed by atoms with Gasteiger partial charge in [-0.3, -0.25) is 0 Å². The summed E-state index contributed by atoms with van der Waals surface area (Å²) < 4.78 is 12.8. The van der Waals surface area contributed by atoms with E-state index in [1.807, 2.05) is 11.8 Å². The number of hydrogen-bond acceptors (Lipinski definition) is 3. The fourth-order valence-corrected chi connectivity index (χ4v) is 2.12. The van der Waals surface area contributed by atoms with Crippen molar-refractivity contribution >= 4 is 5.82 Å². The van der Waals surface area contributed by atoms with Crippen LogP contribution in [0.3, 0.4) is 0 Å². The van der Waals surface area contributed by atoms with Crippen molar-refractivity contribution in [1.29, 1.82) is 5.26 Å². The van der Waals surface area contributed by atoms with Gasteiger partial charge in [-0.05, 0) is 31.9 Å². The molecule has 0 spiro atoms. The van der Waals surface area contributed by atoms with Crippen molar-refractivity contribution in [2.75, 3.05) is 18.1 Å². The van der Waals surface area contributed by atoms with Gasteiger partial charge >= 0.3 is 0 Å². The van der Waals surface area contributed by atoms with Gasteiger partial charge in [-0.2, -0.15) is 5.26 Å². The van der Waals surface area contributed by atoms with E-state index in [9.17, 15) is 4.39 Å². The molecule has 1 fully saturated rings. The first-order valence-electron chi connectivity index (χ1n) is 5.46. The first kappa shape index (κ1) is 10.9. The second-order valence-corrected chi connectivity index (χ2v) is 4.06. The first-order valence-corrected chi connectivity index (χ1v) is 5.46. The molecule has 0 bridgehead atoms. The van der Waals surface area contributed by atoms with Crippen LogP contribution in [0.4, 0.5) is 10.2 Å². The van der Waals surface area contributed by atoms with E-state index in [-0.39, 0.29) is 12.7 Å². The van der Waals surface area contributed by atoms with Crippen LogP contribution < -0.4 is 4.90 Å². The van der Waals surface area contributed by atoms with E-state index in [2.05, 4.69) is 11.1 Å². The lowest BCUT2D eigenvalue weighted by atomic mass is 10.2. The van der Waals surface area contributed by atoms with Gasteiger partial charge in [0.1, 0.15) is 18.6 Å². The molecule has 16 heavy (non-hydrogen) atoms. The van der Waals surface area contributed by atoms with Gasteiger partial charge in [0.15, 0.2) is 0 Å². The number of alkyl halides is 1. The Kier molecular flexibility index (Phi) is 3.04. The van der Waals surface area contributed by atoms with Crippen molar-refractivity contribution < 1.29 is 4.39 Å². The Morgan fingerprint density at radius 3 is 3.06 bits per heavy atom. The molecular formula is C12H14FN3. The molecule has 0 amide bonds. The highest BCUT2D eigenvalue weighted by molar-refractivity contribution is 5.46. The first-order chi connectivity index (χ1) is 7.76. The van der Waals surface area contributed by atoms with Crippen LogP contribution in [0, 0.1) is 18.3 Å². The highest BCUT2D eigenvalue weighted by Crippen LogP contribution is 2.24. The summed E-state index contributed by atoms with van der Waals surface area (Å²) in [6.45, 7) is 2.33. The maximum Gasteiger partial charge on any atom is 0.129 e. The smallest absolute Gasteiger partial charge is 0.129 e. The van der Waals surface area contributed by atoms with Crippen molar-refractivity contribution in [1.82, 2.24) is 4.98 Å². The van der Waals surface area contributed by atoms with Crippen molar-refractivity contribution in [3.63, 3.8) is 0 Å². The molecular weight excluding hydrogens is 205 g/mol. The summed E-state index contributed by atoms with van der Waals surface area (Å²) in [6.07, 6.45) is 1.90. The Morgan fingerprint density at radius 1 is 1.62 bits per heavy atom. The highest BCUT2D eigenvalue weighted by Gasteiger charge is 2.25. The van der Waals surface area contributed by atoms with E-state index in [4.69, 9.17) is 5.26 Å². The Hall–Kier alpha value is -1.63. The molecule has 0 N–H and O–H groups in total. The number of aryl methyl sites for hydroxylation is 1. The normalized spacial score (nSPS) is 19.8. The van der Waals surface area contributed by atoms with E-state index >= 15 is 0 Å². The van der Waals surface area contributed by atoms with Crippen LogP contribution in [0.1, 0.15) is 24.1 Å². The van der Waals surface area contributed by atoms with Crippen LogP contribution in [0.5, 0.6) is 0 Å². The Morgan fingerprint density at radius 2 is 2.44 bits per heavy atom. The van der Waals surface area contributed by atoms with Crippen LogP contribution >= 0.6 is 0 Å². The third kappa shape index (κ3) is 1.85. The Bertz CT molecular complexity index is 425. The van der Waals surface area contributed by atoms with Gasteiger partial charge in [-0.15, -0.1) is 0 Å². The minimum absolute atomic E-state index is 0.0418. The quantitative estimate of drug-likeness (QED) is 0.765. The molecule has 1 aliphatic rings. The molecule has 0 saturated carbocycles. The number of nitriles is 1. The summed E-state index contributed by atoms with van der Waals surface area (Å²) in [4.78, 5) is 6.36. The van der Waals surface area contributed by atoms with Crippen molar-refractivity contribution in [3.05, 3.63) is 23.4 Å². The minimum atomic E-state index is -0.333. The topological polar surface area (TPSA) is 39.9 Å². The second kappa shape index (κ2) is 4.48. The molecule has 0 aromatic carbocycles. The number of pyridine rings is 1. The molecule has 1 aliphatic heterocycles. The van der Waals surface area contributed by atoms with Gasteiger partial charge in [0, 0.05) is 6.54 Å². The molecule has 1 unspecified atom stereocenters. The van der Waals surface area contributed by atoms with Gasteiger partial charge in [-0.25, -0.2) is 9.37 Å². The largest absolute Gasteiger partial charge is 0.351 e. The minimum Gasteiger partial charge on any atom is -0.351 e. The van der Waals surface area contributed by atoms with Gasteiger partial charge in [0.2, 0.25) is 0 Å². The molecule has 2 rings (SSSR count). The van der Waals surface area contributed by atoms with E-state index in [0.29, 0.717) is 11.3 Å². The predicted molar refractivity (Wildman–Crippen MR) is 60.0 cm³/mol. The number of rotatable bonds is 2. The number of hydrogen-bond donors (Lipinski definition) is 0. The van der Waals surface area contributed by atoms with E-state index in [1.54, 1.807) is 12.1 Å². The lowest BCUT2D eigenvalue weighted by molar-refractivity contribution is 0.427. The summed E-state index contributed by atoms with van der Waals surface area (Å²) in [7, 11) is 0. The van der Waals surface area contributed by atoms with E-state index < -0.39 is 0 Å². The molecule has 1 atom stereocenters. The summed E-state index contributed by atoms with van der Waals surface area (Å²) in [5.41, 5.74) is 1.30. The molecule has 1 aromatic rings. The predicted octanol–water partition coefficient (Wildman–Crippen LogP) is 2.20. The molecule has 0 aliphatic carbocycles. The highest BCUT2D eigenvalue weighted by atomic mass is 19.1. The number of halogens is 1. The summed E-state index contributed by atoms with van der Waals surface area (Å²) >= 11 is 0. The summed E-state index contributed by atoms with van der Waals surface area (Å²) in [6, 6.07) is 5.60. The monoisotopic (exact) mass is 219 g/mol. The third-order valence-corrected chi connectivity index (χ3v) is 3.04. The SMILES string of the molecule is Cc1nc(N2CCCC2CF)ccc1C#N. The van der Waals surface area contributed by atoms with Crippen molar-refractivity contribution in [2.45, 2.75) is 25.8 Å². The third-order valence-electron chi connectivity index (χ3n) is 3.04. The average molecular weight is 219 g/mol. The van der Waals surface area contributed by atoms with E-state index in [1.165, 1.54) is 0 Å². The summed E-state index contributed by atoms with van der Waals surface area (Å²) in [5, 5.41) is 8.81. The van der Waals surface area contributed by atoms with Crippen molar-refractivity contribution in [2.24, 2.45) is 0 Å². The van der Waals surface area contributed by atoms with Crippen LogP contribution in [-0.2, 0) is 0 Å². The Labute approximate surface area is 94.5 Å². The zero-order valence-electron chi connectivity index (χ0n) is 9.28. The standard InChI is InChI=1S/C12H14FN3/c1-9-10(8-14)4-5-12(15-9)16-6-2-3-11(16)7-13/h4-5,11H,2-3,6-7H2,1H3. The molecule has 84 valence electrons. The van der Waals surface area contributed by atoms with Gasteiger partial charge in [0.25, 0.3) is 0 Å². The molecule has 1 saturated heterocycles. The number of anilines is 1. The fraction of sp³-hybridized carbons (Fsp3) is 0.500. The molecule has 0 radical (unpaired) electrons. The van der Waals surface area contributed by atoms with Gasteiger partial charge in [0.05, 0.1) is 17.3 Å². The second-order valence-electron chi connectivity index (χ2n) is 4.06. The molecule has 2 heterocycles. The summed E-state index contributed by atoms with van der Waals surface area (Å²) in [5.74, 6) is 0.789. The zero-order valence-corrected chi connectivity index (χ0v) is 9.28. The van der Waals surface area contributed by atoms with Crippen LogP contribution in [0.2, 0.25) is 0 Å². The van der Waals surface area contributed by atoms with Crippen LogP contribution in [0.25, 0.3) is 0 Å². The fourth-order valence-electron chi connectivity index (χ4n) is 2.12. The molecule has 4 heteroatoms. The number of aromatic nitrogens is 1. The van der Waals surface area contributed by atoms with Gasteiger partial charge in [-0.1, -0.05) is 0 Å². The maximum absolute atomic E-state index is 12.8. The zero-order chi connectivity index (χ0) is 11.5. The Balaban J connectivity index is 2.28. The van der Waals surface area contributed by atoms with Gasteiger partial charge < -0.3 is 4.90 Å². The lowest BCUT2D eigenvalue weighted by Gasteiger charge is -2.23.